The van der Waals surface area contributed by atoms with Gasteiger partial charge in [0.1, 0.15) is 11.4 Å². The number of carbonyl (C=O) groups excluding carboxylic acids is 1. The summed E-state index contributed by atoms with van der Waals surface area (Å²) in [7, 11) is 1.69. The summed E-state index contributed by atoms with van der Waals surface area (Å²) in [5.41, 5.74) is 5.73. The van der Waals surface area contributed by atoms with Gasteiger partial charge in [0.05, 0.1) is 24.9 Å². The van der Waals surface area contributed by atoms with Crippen molar-refractivity contribution < 1.29 is 9.53 Å². The van der Waals surface area contributed by atoms with Crippen LogP contribution < -0.4 is 9.64 Å². The van der Waals surface area contributed by atoms with E-state index in [9.17, 15) is 4.79 Å². The highest BCUT2D eigenvalue weighted by atomic mass is 16.5. The normalized spacial score (nSPS) is 13.7. The number of methoxy groups -OCH3 is 1. The molecule has 0 aliphatic carbocycles. The Labute approximate surface area is 206 Å². The molecule has 0 unspecified atom stereocenters. The van der Waals surface area contributed by atoms with Gasteiger partial charge in [-0.2, -0.15) is 5.10 Å². The Balaban J connectivity index is 1.39. The molecule has 0 bridgehead atoms. The van der Waals surface area contributed by atoms with Gasteiger partial charge in [0.25, 0.3) is 5.91 Å². The molecule has 4 aromatic rings. The Morgan fingerprint density at radius 1 is 0.886 bits per heavy atom. The van der Waals surface area contributed by atoms with Gasteiger partial charge in [-0.1, -0.05) is 72.3 Å². The number of rotatable bonds is 6. The summed E-state index contributed by atoms with van der Waals surface area (Å²) < 4.78 is 7.41. The van der Waals surface area contributed by atoms with Crippen LogP contribution in [0.15, 0.2) is 85.1 Å². The van der Waals surface area contributed by atoms with Gasteiger partial charge >= 0.3 is 0 Å². The summed E-state index contributed by atoms with van der Waals surface area (Å²) in [5.74, 6) is 0.885. The molecule has 5 rings (SSSR count). The van der Waals surface area contributed by atoms with Crippen LogP contribution in [0, 0.1) is 6.92 Å². The molecule has 0 spiro atoms. The number of hydrogen-bond acceptors (Lipinski definition) is 4. The predicted octanol–water partition coefficient (Wildman–Crippen LogP) is 4.88. The molecular weight excluding hydrogens is 436 g/mol. The maximum atomic E-state index is 13.7. The van der Waals surface area contributed by atoms with E-state index in [0.29, 0.717) is 25.2 Å². The molecule has 1 aliphatic rings. The molecule has 0 radical (unpaired) electrons. The number of anilines is 1. The van der Waals surface area contributed by atoms with Crippen molar-refractivity contribution in [3.63, 3.8) is 0 Å². The SMILES string of the molecule is COc1ccccc1N1CCN(C(=O)c2cn(Cc3ccccc3)nc2-c2ccc(C)cc2)CC1. The van der Waals surface area contributed by atoms with Gasteiger partial charge < -0.3 is 14.5 Å². The van der Waals surface area contributed by atoms with Gasteiger partial charge in [-0.3, -0.25) is 9.48 Å². The van der Waals surface area contributed by atoms with Gasteiger partial charge in [0, 0.05) is 37.9 Å². The van der Waals surface area contributed by atoms with E-state index in [0.717, 1.165) is 41.3 Å². The summed E-state index contributed by atoms with van der Waals surface area (Å²) in [6.07, 6.45) is 1.90. The number of piperazine rings is 1. The van der Waals surface area contributed by atoms with Crippen LogP contribution in [0.5, 0.6) is 5.75 Å². The predicted molar refractivity (Wildman–Crippen MR) is 139 cm³/mol. The highest BCUT2D eigenvalue weighted by Crippen LogP contribution is 2.29. The van der Waals surface area contributed by atoms with Crippen molar-refractivity contribution in [3.05, 3.63) is 102 Å². The highest BCUT2D eigenvalue weighted by Gasteiger charge is 2.27. The third-order valence-electron chi connectivity index (χ3n) is 6.50. The lowest BCUT2D eigenvalue weighted by atomic mass is 10.1. The molecule has 0 N–H and O–H groups in total. The molecule has 1 saturated heterocycles. The van der Waals surface area contributed by atoms with E-state index in [2.05, 4.69) is 42.2 Å². The second-order valence-corrected chi connectivity index (χ2v) is 8.89. The van der Waals surface area contributed by atoms with E-state index >= 15 is 0 Å². The van der Waals surface area contributed by atoms with Crippen LogP contribution >= 0.6 is 0 Å². The van der Waals surface area contributed by atoms with Crippen molar-refractivity contribution in [1.29, 1.82) is 0 Å². The lowest BCUT2D eigenvalue weighted by molar-refractivity contribution is 0.0747. The summed E-state index contributed by atoms with van der Waals surface area (Å²) >= 11 is 0. The number of aromatic nitrogens is 2. The minimum absolute atomic E-state index is 0.0274. The fourth-order valence-corrected chi connectivity index (χ4v) is 4.57. The quantitative estimate of drug-likeness (QED) is 0.407. The smallest absolute Gasteiger partial charge is 0.257 e. The molecule has 6 heteroatoms. The van der Waals surface area contributed by atoms with Crippen LogP contribution in [0.3, 0.4) is 0 Å². The van der Waals surface area contributed by atoms with E-state index in [4.69, 9.17) is 9.84 Å². The molecule has 1 amide bonds. The lowest BCUT2D eigenvalue weighted by Crippen LogP contribution is -2.48. The summed E-state index contributed by atoms with van der Waals surface area (Å²) in [6, 6.07) is 26.4. The Bertz CT molecular complexity index is 1290. The number of ether oxygens (including phenoxy) is 1. The first kappa shape index (κ1) is 22.7. The standard InChI is InChI=1S/C29H30N4O2/c1-22-12-14-24(15-13-22)28-25(21-33(30-28)20-23-8-4-3-5-9-23)29(34)32-18-16-31(17-19-32)26-10-6-7-11-27(26)35-2/h3-15,21H,16-20H2,1-2H3. The molecule has 1 aromatic heterocycles. The molecular formula is C29H30N4O2. The largest absolute Gasteiger partial charge is 0.495 e. The first-order chi connectivity index (χ1) is 17.1. The summed E-state index contributed by atoms with van der Waals surface area (Å²) in [6.45, 7) is 5.48. The zero-order valence-corrected chi connectivity index (χ0v) is 20.2. The molecule has 0 saturated carbocycles. The van der Waals surface area contributed by atoms with E-state index in [-0.39, 0.29) is 5.91 Å². The minimum Gasteiger partial charge on any atom is -0.495 e. The van der Waals surface area contributed by atoms with Crippen molar-refractivity contribution in [3.8, 4) is 17.0 Å². The molecule has 3 aromatic carbocycles. The first-order valence-electron chi connectivity index (χ1n) is 12.0. The number of amides is 1. The van der Waals surface area contributed by atoms with Crippen molar-refractivity contribution in [2.24, 2.45) is 0 Å². The van der Waals surface area contributed by atoms with Crippen molar-refractivity contribution >= 4 is 11.6 Å². The van der Waals surface area contributed by atoms with Crippen molar-refractivity contribution in [2.75, 3.05) is 38.2 Å². The van der Waals surface area contributed by atoms with Crippen LogP contribution in [-0.2, 0) is 6.54 Å². The monoisotopic (exact) mass is 466 g/mol. The third-order valence-corrected chi connectivity index (χ3v) is 6.50. The average molecular weight is 467 g/mol. The maximum absolute atomic E-state index is 13.7. The van der Waals surface area contributed by atoms with Gasteiger partial charge in [-0.05, 0) is 24.6 Å². The first-order valence-corrected chi connectivity index (χ1v) is 12.0. The maximum Gasteiger partial charge on any atom is 0.257 e. The topological polar surface area (TPSA) is 50.6 Å². The van der Waals surface area contributed by atoms with Crippen LogP contribution in [0.4, 0.5) is 5.69 Å². The zero-order valence-electron chi connectivity index (χ0n) is 20.2. The Kier molecular flexibility index (Phi) is 6.53. The molecule has 178 valence electrons. The third kappa shape index (κ3) is 4.92. The second kappa shape index (κ2) is 10.1. The van der Waals surface area contributed by atoms with Crippen LogP contribution in [0.1, 0.15) is 21.5 Å². The van der Waals surface area contributed by atoms with E-state index < -0.39 is 0 Å². The fourth-order valence-electron chi connectivity index (χ4n) is 4.57. The van der Waals surface area contributed by atoms with Gasteiger partial charge in [0.15, 0.2) is 0 Å². The van der Waals surface area contributed by atoms with Gasteiger partial charge in [0.2, 0.25) is 0 Å². The van der Waals surface area contributed by atoms with Gasteiger partial charge in [-0.25, -0.2) is 0 Å². The van der Waals surface area contributed by atoms with Crippen LogP contribution in [0.25, 0.3) is 11.3 Å². The van der Waals surface area contributed by atoms with E-state index in [1.807, 2.05) is 64.3 Å². The molecule has 6 nitrogen and oxygen atoms in total. The number of para-hydroxylation sites is 2. The number of benzene rings is 3. The molecule has 1 aliphatic heterocycles. The van der Waals surface area contributed by atoms with Crippen LogP contribution in [-0.4, -0.2) is 53.9 Å². The van der Waals surface area contributed by atoms with E-state index in [1.54, 1.807) is 7.11 Å². The molecule has 0 atom stereocenters. The number of carbonyl (C=O) groups is 1. The minimum atomic E-state index is 0.0274. The number of nitrogens with zero attached hydrogens (tertiary/aromatic N) is 4. The van der Waals surface area contributed by atoms with Crippen LogP contribution in [0.2, 0.25) is 0 Å². The fraction of sp³-hybridized carbons (Fsp3) is 0.241. The number of hydrogen-bond donors (Lipinski definition) is 0. The molecule has 2 heterocycles. The number of aryl methyl sites for hydroxylation is 1. The Hall–Kier alpha value is -4.06. The molecule has 1 fully saturated rings. The Morgan fingerprint density at radius 3 is 2.29 bits per heavy atom. The Morgan fingerprint density at radius 2 is 1.57 bits per heavy atom. The zero-order chi connectivity index (χ0) is 24.2. The van der Waals surface area contributed by atoms with E-state index in [1.165, 1.54) is 5.56 Å². The summed E-state index contributed by atoms with van der Waals surface area (Å²) in [4.78, 5) is 17.9. The molecule has 35 heavy (non-hydrogen) atoms. The van der Waals surface area contributed by atoms with Crippen molar-refractivity contribution in [2.45, 2.75) is 13.5 Å². The highest BCUT2D eigenvalue weighted by molar-refractivity contribution is 6.00. The summed E-state index contributed by atoms with van der Waals surface area (Å²) in [5, 5.41) is 4.85. The van der Waals surface area contributed by atoms with Gasteiger partial charge in [-0.15, -0.1) is 0 Å². The van der Waals surface area contributed by atoms with Crippen molar-refractivity contribution in [1.82, 2.24) is 14.7 Å². The second-order valence-electron chi connectivity index (χ2n) is 8.89. The average Bonchev–Trinajstić information content (AvgIpc) is 3.33. The lowest BCUT2D eigenvalue weighted by Gasteiger charge is -2.36.